The van der Waals surface area contributed by atoms with Crippen molar-refractivity contribution in [1.29, 1.82) is 0 Å². The molecule has 0 saturated heterocycles. The smallest absolute Gasteiger partial charge is 0.162 e. The van der Waals surface area contributed by atoms with Crippen molar-refractivity contribution < 1.29 is 4.74 Å². The zero-order valence-electron chi connectivity index (χ0n) is 10.3. The van der Waals surface area contributed by atoms with E-state index in [4.69, 9.17) is 4.74 Å². The first-order valence-corrected chi connectivity index (χ1v) is 6.45. The molecule has 16 heavy (non-hydrogen) atoms. The number of hydrogen-bond donors (Lipinski definition) is 1. The van der Waals surface area contributed by atoms with Gasteiger partial charge in [0.2, 0.25) is 0 Å². The fourth-order valence-corrected chi connectivity index (χ4v) is 2.62. The Morgan fingerprint density at radius 3 is 2.50 bits per heavy atom. The quantitative estimate of drug-likeness (QED) is 0.819. The van der Waals surface area contributed by atoms with Gasteiger partial charge in [0.05, 0.1) is 12.3 Å². The Kier molecular flexibility index (Phi) is 3.19. The van der Waals surface area contributed by atoms with Crippen LogP contribution in [0.3, 0.4) is 0 Å². The monoisotopic (exact) mass is 240 g/mol. The van der Waals surface area contributed by atoms with Gasteiger partial charge in [-0.05, 0) is 32.4 Å². The Balaban J connectivity index is 2.04. The second-order valence-corrected chi connectivity index (χ2v) is 5.24. The zero-order valence-corrected chi connectivity index (χ0v) is 11.2. The lowest BCUT2D eigenvalue weighted by Gasteiger charge is -2.40. The first-order valence-electron chi connectivity index (χ1n) is 5.82. The van der Waals surface area contributed by atoms with E-state index >= 15 is 0 Å². The first-order chi connectivity index (χ1) is 7.58. The maximum absolute atomic E-state index is 5.95. The predicted molar refractivity (Wildman–Crippen MR) is 68.3 cm³/mol. The minimum absolute atomic E-state index is 0.317. The fraction of sp³-hybridized carbons (Fsp3) is 0.750. The van der Waals surface area contributed by atoms with E-state index in [0.717, 1.165) is 29.5 Å². The van der Waals surface area contributed by atoms with Crippen LogP contribution in [0.4, 0.5) is 0 Å². The molecule has 0 radical (unpaired) electrons. The molecule has 1 aliphatic carbocycles. The molecule has 4 heteroatoms. The van der Waals surface area contributed by atoms with Crippen molar-refractivity contribution in [2.75, 3.05) is 12.4 Å². The molecule has 0 spiro atoms. The van der Waals surface area contributed by atoms with Crippen molar-refractivity contribution in [3.8, 4) is 5.75 Å². The summed E-state index contributed by atoms with van der Waals surface area (Å²) in [7, 11) is 1.95. The highest BCUT2D eigenvalue weighted by atomic mass is 32.1. The summed E-state index contributed by atoms with van der Waals surface area (Å²) >= 11 is 4.44. The minimum Gasteiger partial charge on any atom is -0.489 e. The molecule has 0 amide bonds. The molecule has 0 aliphatic heterocycles. The van der Waals surface area contributed by atoms with Crippen molar-refractivity contribution in [3.63, 3.8) is 0 Å². The van der Waals surface area contributed by atoms with Crippen molar-refractivity contribution in [3.05, 3.63) is 11.4 Å². The fourth-order valence-electron chi connectivity index (χ4n) is 2.21. The number of rotatable bonds is 4. The molecule has 0 unspecified atom stereocenters. The van der Waals surface area contributed by atoms with E-state index in [0.29, 0.717) is 5.41 Å². The van der Waals surface area contributed by atoms with Gasteiger partial charge in [-0.3, -0.25) is 4.68 Å². The lowest BCUT2D eigenvalue weighted by molar-refractivity contribution is 0.0821. The largest absolute Gasteiger partial charge is 0.489 e. The van der Waals surface area contributed by atoms with E-state index < -0.39 is 0 Å². The number of hydrogen-bond acceptors (Lipinski definition) is 3. The minimum atomic E-state index is 0.317. The van der Waals surface area contributed by atoms with Gasteiger partial charge in [0.15, 0.2) is 5.75 Å². The summed E-state index contributed by atoms with van der Waals surface area (Å²) in [6, 6.07) is 0. The molecular formula is C12H20N2OS. The highest BCUT2D eigenvalue weighted by Crippen LogP contribution is 2.42. The van der Waals surface area contributed by atoms with Crippen LogP contribution in [0, 0.1) is 19.3 Å². The lowest BCUT2D eigenvalue weighted by atomic mass is 9.71. The molecule has 0 N–H and O–H groups in total. The van der Waals surface area contributed by atoms with E-state index in [1.54, 1.807) is 0 Å². The van der Waals surface area contributed by atoms with Crippen LogP contribution in [0.25, 0.3) is 0 Å². The predicted octanol–water partition coefficient (Wildman–Crippen LogP) is 2.52. The third-order valence-electron chi connectivity index (χ3n) is 3.71. The highest BCUT2D eigenvalue weighted by Gasteiger charge is 2.36. The van der Waals surface area contributed by atoms with Crippen LogP contribution in [0.15, 0.2) is 0 Å². The third kappa shape index (κ3) is 1.95. The number of nitrogens with zero attached hydrogens (tertiary/aromatic N) is 2. The summed E-state index contributed by atoms with van der Waals surface area (Å²) in [5.41, 5.74) is 2.40. The summed E-state index contributed by atoms with van der Waals surface area (Å²) in [5, 5.41) is 4.35. The Labute approximate surface area is 103 Å². The van der Waals surface area contributed by atoms with Crippen LogP contribution in [0.1, 0.15) is 30.7 Å². The van der Waals surface area contributed by atoms with Gasteiger partial charge in [0, 0.05) is 12.5 Å². The van der Waals surface area contributed by atoms with Crippen LogP contribution in [0.2, 0.25) is 0 Å². The maximum atomic E-state index is 5.95. The SMILES string of the molecule is Cc1nn(C)c(C)c1OCC1(CS)CCC1. The molecule has 1 aliphatic rings. The molecule has 0 bridgehead atoms. The molecular weight excluding hydrogens is 220 g/mol. The summed E-state index contributed by atoms with van der Waals surface area (Å²) in [6.45, 7) is 4.82. The molecule has 1 saturated carbocycles. The van der Waals surface area contributed by atoms with Gasteiger partial charge in [-0.15, -0.1) is 0 Å². The van der Waals surface area contributed by atoms with E-state index in [-0.39, 0.29) is 0 Å². The van der Waals surface area contributed by atoms with E-state index in [2.05, 4.69) is 17.7 Å². The van der Waals surface area contributed by atoms with Crippen LogP contribution in [0.5, 0.6) is 5.75 Å². The van der Waals surface area contributed by atoms with Crippen molar-refractivity contribution >= 4 is 12.6 Å². The van der Waals surface area contributed by atoms with Gasteiger partial charge in [-0.2, -0.15) is 17.7 Å². The van der Waals surface area contributed by atoms with Crippen LogP contribution in [-0.2, 0) is 7.05 Å². The van der Waals surface area contributed by atoms with E-state index in [9.17, 15) is 0 Å². The van der Waals surface area contributed by atoms with Crippen molar-refractivity contribution in [2.24, 2.45) is 12.5 Å². The molecule has 3 nitrogen and oxygen atoms in total. The Morgan fingerprint density at radius 2 is 2.12 bits per heavy atom. The molecule has 2 rings (SSSR count). The number of aryl methyl sites for hydroxylation is 2. The summed E-state index contributed by atoms with van der Waals surface area (Å²) in [5.74, 6) is 1.88. The second-order valence-electron chi connectivity index (χ2n) is 4.92. The Hall–Kier alpha value is -0.640. The number of thiol groups is 1. The van der Waals surface area contributed by atoms with Crippen molar-refractivity contribution in [2.45, 2.75) is 33.1 Å². The highest BCUT2D eigenvalue weighted by molar-refractivity contribution is 7.80. The molecule has 1 aromatic heterocycles. The number of aromatic nitrogens is 2. The normalized spacial score (nSPS) is 18.2. The van der Waals surface area contributed by atoms with Crippen LogP contribution >= 0.6 is 12.6 Å². The first kappa shape index (κ1) is 11.8. The van der Waals surface area contributed by atoms with Gasteiger partial charge >= 0.3 is 0 Å². The maximum Gasteiger partial charge on any atom is 0.162 e. The lowest BCUT2D eigenvalue weighted by Crippen LogP contribution is -2.37. The molecule has 90 valence electrons. The summed E-state index contributed by atoms with van der Waals surface area (Å²) in [4.78, 5) is 0. The molecule has 1 heterocycles. The second kappa shape index (κ2) is 4.32. The number of ether oxygens (including phenoxy) is 1. The third-order valence-corrected chi connectivity index (χ3v) is 4.39. The van der Waals surface area contributed by atoms with Gasteiger partial charge in [0.1, 0.15) is 5.69 Å². The van der Waals surface area contributed by atoms with E-state index in [1.807, 2.05) is 25.6 Å². The molecule has 0 atom stereocenters. The van der Waals surface area contributed by atoms with Crippen molar-refractivity contribution in [1.82, 2.24) is 9.78 Å². The molecule has 1 fully saturated rings. The van der Waals surface area contributed by atoms with Gasteiger partial charge in [-0.25, -0.2) is 0 Å². The summed E-state index contributed by atoms with van der Waals surface area (Å²) < 4.78 is 7.83. The average Bonchev–Trinajstić information content (AvgIpc) is 2.43. The standard InChI is InChI=1S/C12H20N2OS/c1-9-11(10(2)14(3)13-9)15-7-12(8-16)5-4-6-12/h16H,4-8H2,1-3H3. The van der Waals surface area contributed by atoms with Gasteiger partial charge < -0.3 is 4.74 Å². The Morgan fingerprint density at radius 1 is 1.44 bits per heavy atom. The zero-order chi connectivity index (χ0) is 11.8. The van der Waals surface area contributed by atoms with Crippen LogP contribution in [-0.4, -0.2) is 22.1 Å². The Bertz CT molecular complexity index is 377. The van der Waals surface area contributed by atoms with Gasteiger partial charge in [0.25, 0.3) is 0 Å². The molecule has 0 aromatic carbocycles. The van der Waals surface area contributed by atoms with Crippen LogP contribution < -0.4 is 4.74 Å². The van der Waals surface area contributed by atoms with E-state index in [1.165, 1.54) is 19.3 Å². The molecule has 1 aromatic rings. The summed E-state index contributed by atoms with van der Waals surface area (Å²) in [6.07, 6.45) is 3.80. The van der Waals surface area contributed by atoms with Gasteiger partial charge in [-0.1, -0.05) is 6.42 Å². The average molecular weight is 240 g/mol. The topological polar surface area (TPSA) is 27.1 Å².